The molecule has 0 heterocycles. The monoisotopic (exact) mass is 380 g/mol. The second-order valence-corrected chi connectivity index (χ2v) is 11.0. The first-order valence-corrected chi connectivity index (χ1v) is 11.4. The SMILES string of the molecule is CCOOC[C@]12CC[C@H]3[C@@H](CC[C@@]4(O)C(C)(C)CCC[C@]34C)[C@@H]1CC[C@@H]2O. The molecule has 0 radical (unpaired) electrons. The van der Waals surface area contributed by atoms with Crippen molar-refractivity contribution in [1.29, 1.82) is 0 Å². The zero-order valence-electron chi connectivity index (χ0n) is 17.8. The van der Waals surface area contributed by atoms with Crippen LogP contribution in [0.3, 0.4) is 0 Å². The number of hydrogen-bond donors (Lipinski definition) is 2. The maximum Gasteiger partial charge on any atom is 0.0906 e. The Morgan fingerprint density at radius 1 is 0.889 bits per heavy atom. The molecule has 0 amide bonds. The Morgan fingerprint density at radius 3 is 2.41 bits per heavy atom. The summed E-state index contributed by atoms with van der Waals surface area (Å²) in [4.78, 5) is 10.8. The van der Waals surface area contributed by atoms with Crippen LogP contribution in [0, 0.1) is 34.0 Å². The number of aliphatic hydroxyl groups excluding tert-OH is 1. The van der Waals surface area contributed by atoms with Crippen LogP contribution in [0.5, 0.6) is 0 Å². The molecule has 4 aliphatic rings. The van der Waals surface area contributed by atoms with Crippen LogP contribution in [0.25, 0.3) is 0 Å². The smallest absolute Gasteiger partial charge is 0.0906 e. The van der Waals surface area contributed by atoms with Crippen LogP contribution in [-0.2, 0) is 9.78 Å². The van der Waals surface area contributed by atoms with Gasteiger partial charge in [-0.15, -0.1) is 0 Å². The van der Waals surface area contributed by atoms with Gasteiger partial charge in [0.05, 0.1) is 24.9 Å². The molecule has 4 saturated carbocycles. The van der Waals surface area contributed by atoms with Crippen molar-refractivity contribution in [3.63, 3.8) is 0 Å². The van der Waals surface area contributed by atoms with Crippen LogP contribution in [0.4, 0.5) is 0 Å². The third-order valence-corrected chi connectivity index (χ3v) is 9.86. The maximum atomic E-state index is 12.0. The average molecular weight is 381 g/mol. The Morgan fingerprint density at radius 2 is 1.67 bits per heavy atom. The minimum atomic E-state index is -0.557. The number of fused-ring (bicyclic) bond motifs is 5. The molecule has 27 heavy (non-hydrogen) atoms. The van der Waals surface area contributed by atoms with Gasteiger partial charge in [0.15, 0.2) is 0 Å². The van der Waals surface area contributed by atoms with Gasteiger partial charge in [-0.2, -0.15) is 0 Å². The van der Waals surface area contributed by atoms with Crippen molar-refractivity contribution in [2.75, 3.05) is 13.2 Å². The van der Waals surface area contributed by atoms with E-state index in [9.17, 15) is 10.2 Å². The van der Waals surface area contributed by atoms with Gasteiger partial charge in [-0.3, -0.25) is 0 Å². The van der Waals surface area contributed by atoms with Crippen molar-refractivity contribution in [2.45, 2.75) is 97.2 Å². The summed E-state index contributed by atoms with van der Waals surface area (Å²) in [5.74, 6) is 1.66. The van der Waals surface area contributed by atoms with E-state index in [1.165, 1.54) is 6.42 Å². The molecule has 4 aliphatic carbocycles. The summed E-state index contributed by atoms with van der Waals surface area (Å²) < 4.78 is 0. The number of hydrogen-bond acceptors (Lipinski definition) is 4. The van der Waals surface area contributed by atoms with E-state index in [2.05, 4.69) is 20.8 Å². The lowest BCUT2D eigenvalue weighted by atomic mass is 9.39. The van der Waals surface area contributed by atoms with Crippen molar-refractivity contribution in [2.24, 2.45) is 34.0 Å². The molecule has 2 N–H and O–H groups in total. The third-order valence-electron chi connectivity index (χ3n) is 9.86. The second-order valence-electron chi connectivity index (χ2n) is 11.0. The molecule has 4 nitrogen and oxygen atoms in total. The molecule has 0 aromatic rings. The summed E-state index contributed by atoms with van der Waals surface area (Å²) in [7, 11) is 0. The summed E-state index contributed by atoms with van der Waals surface area (Å²) in [5, 5.41) is 22.9. The Balaban J connectivity index is 1.63. The van der Waals surface area contributed by atoms with E-state index in [1.807, 2.05) is 6.92 Å². The van der Waals surface area contributed by atoms with Gasteiger partial charge in [-0.05, 0) is 86.9 Å². The van der Waals surface area contributed by atoms with E-state index in [0.717, 1.165) is 51.4 Å². The molecule has 0 spiro atoms. The average Bonchev–Trinajstić information content (AvgIpc) is 2.94. The molecule has 0 bridgehead atoms. The summed E-state index contributed by atoms with van der Waals surface area (Å²) in [6.07, 6.45) is 9.30. The van der Waals surface area contributed by atoms with Crippen molar-refractivity contribution in [3.8, 4) is 0 Å². The number of rotatable bonds is 4. The molecule has 0 aromatic carbocycles. The van der Waals surface area contributed by atoms with Crippen LogP contribution in [0.15, 0.2) is 0 Å². The second kappa shape index (κ2) is 6.68. The van der Waals surface area contributed by atoms with Gasteiger partial charge >= 0.3 is 0 Å². The summed E-state index contributed by atoms with van der Waals surface area (Å²) >= 11 is 0. The first-order chi connectivity index (χ1) is 12.7. The standard InChI is InChI=1S/C23H40O4/c1-5-26-27-15-22-13-10-17-16(18(22)7-8-19(22)24)9-14-23(25)20(2,3)11-6-12-21(17,23)4/h16-19,24-25H,5-15H2,1-4H3/t16-,17+,18+,19+,21-,22-,23-/m1/s1. The molecule has 4 fully saturated rings. The Kier molecular flexibility index (Phi) is 4.98. The molecule has 0 aliphatic heterocycles. The van der Waals surface area contributed by atoms with Crippen molar-refractivity contribution >= 4 is 0 Å². The molecular formula is C23H40O4. The lowest BCUT2D eigenvalue weighted by molar-refractivity contribution is -0.324. The van der Waals surface area contributed by atoms with E-state index in [1.54, 1.807) is 0 Å². The van der Waals surface area contributed by atoms with E-state index < -0.39 is 5.60 Å². The summed E-state index contributed by atoms with van der Waals surface area (Å²) in [6.45, 7) is 9.95. The highest BCUT2D eigenvalue weighted by Gasteiger charge is 2.68. The van der Waals surface area contributed by atoms with Crippen LogP contribution in [0.1, 0.15) is 85.5 Å². The van der Waals surface area contributed by atoms with Gasteiger partial charge in [0.25, 0.3) is 0 Å². The van der Waals surface area contributed by atoms with Crippen molar-refractivity contribution < 1.29 is 20.0 Å². The molecule has 7 atom stereocenters. The maximum absolute atomic E-state index is 12.0. The normalized spacial score (nSPS) is 51.3. The molecule has 0 saturated heterocycles. The molecule has 0 unspecified atom stereocenters. The first kappa shape index (κ1) is 20.1. The fraction of sp³-hybridized carbons (Fsp3) is 1.00. The first-order valence-electron chi connectivity index (χ1n) is 11.4. The van der Waals surface area contributed by atoms with E-state index in [4.69, 9.17) is 9.78 Å². The lowest BCUT2D eigenvalue weighted by Gasteiger charge is -2.67. The quantitative estimate of drug-likeness (QED) is 0.429. The molecule has 4 heteroatoms. The van der Waals surface area contributed by atoms with Gasteiger partial charge in [0.2, 0.25) is 0 Å². The van der Waals surface area contributed by atoms with Gasteiger partial charge in [0, 0.05) is 5.41 Å². The zero-order chi connectivity index (χ0) is 19.5. The lowest BCUT2D eigenvalue weighted by Crippen LogP contribution is -2.67. The Hall–Kier alpha value is -0.160. The highest BCUT2D eigenvalue weighted by Crippen LogP contribution is 2.70. The van der Waals surface area contributed by atoms with Crippen molar-refractivity contribution in [3.05, 3.63) is 0 Å². The fourth-order valence-corrected chi connectivity index (χ4v) is 8.35. The largest absolute Gasteiger partial charge is 0.392 e. The van der Waals surface area contributed by atoms with Gasteiger partial charge < -0.3 is 10.2 Å². The van der Waals surface area contributed by atoms with Crippen LogP contribution < -0.4 is 0 Å². The minimum absolute atomic E-state index is 0.00184. The molecular weight excluding hydrogens is 340 g/mol. The number of aliphatic hydroxyl groups is 2. The Labute approximate surface area is 164 Å². The van der Waals surface area contributed by atoms with Gasteiger partial charge in [0.1, 0.15) is 0 Å². The summed E-state index contributed by atoms with van der Waals surface area (Å²) in [6, 6.07) is 0. The Bertz CT molecular complexity index is 563. The third kappa shape index (κ3) is 2.62. The van der Waals surface area contributed by atoms with E-state index >= 15 is 0 Å². The highest BCUT2D eigenvalue weighted by atomic mass is 17.2. The summed E-state index contributed by atoms with van der Waals surface area (Å²) in [5.41, 5.74) is -0.713. The minimum Gasteiger partial charge on any atom is -0.392 e. The van der Waals surface area contributed by atoms with Crippen molar-refractivity contribution in [1.82, 2.24) is 0 Å². The molecule has 0 aromatic heterocycles. The molecule has 4 rings (SSSR count). The van der Waals surface area contributed by atoms with Crippen LogP contribution in [-0.4, -0.2) is 35.1 Å². The fourth-order valence-electron chi connectivity index (χ4n) is 8.35. The molecule has 156 valence electrons. The zero-order valence-corrected chi connectivity index (χ0v) is 17.8. The van der Waals surface area contributed by atoms with Gasteiger partial charge in [-0.25, -0.2) is 9.78 Å². The van der Waals surface area contributed by atoms with Gasteiger partial charge in [-0.1, -0.05) is 27.2 Å². The predicted octanol–water partition coefficient (Wildman–Crippen LogP) is 4.48. The predicted molar refractivity (Wildman–Crippen MR) is 105 cm³/mol. The van der Waals surface area contributed by atoms with E-state index in [-0.39, 0.29) is 22.3 Å². The van der Waals surface area contributed by atoms with E-state index in [0.29, 0.717) is 31.0 Å². The van der Waals surface area contributed by atoms with Crippen LogP contribution >= 0.6 is 0 Å². The highest BCUT2D eigenvalue weighted by molar-refractivity contribution is 5.17. The van der Waals surface area contributed by atoms with Crippen LogP contribution in [0.2, 0.25) is 0 Å². The topological polar surface area (TPSA) is 58.9 Å².